The maximum absolute atomic E-state index is 12.1. The molecule has 7 nitrogen and oxygen atoms in total. The first-order chi connectivity index (χ1) is 13.0. The van der Waals surface area contributed by atoms with Gasteiger partial charge in [0.2, 0.25) is 0 Å². The fraction of sp³-hybridized carbons (Fsp3) is 0.263. The SMILES string of the molecule is Nc1c(Br)cccc1C(=O)OCC(=O)Nc1ccc(N2CCOCC2)cc1. The molecular weight excluding hydrogens is 414 g/mol. The van der Waals surface area contributed by atoms with Gasteiger partial charge >= 0.3 is 5.97 Å². The van der Waals surface area contributed by atoms with Crippen LogP contribution in [0.25, 0.3) is 0 Å². The number of hydrogen-bond acceptors (Lipinski definition) is 6. The van der Waals surface area contributed by atoms with Crippen molar-refractivity contribution in [3.05, 3.63) is 52.5 Å². The molecule has 1 aliphatic rings. The zero-order chi connectivity index (χ0) is 19.2. The van der Waals surface area contributed by atoms with Crippen molar-refractivity contribution < 1.29 is 19.1 Å². The molecule has 1 fully saturated rings. The lowest BCUT2D eigenvalue weighted by Gasteiger charge is -2.28. The Morgan fingerprint density at radius 1 is 1.15 bits per heavy atom. The smallest absolute Gasteiger partial charge is 0.340 e. The summed E-state index contributed by atoms with van der Waals surface area (Å²) in [6, 6.07) is 12.5. The van der Waals surface area contributed by atoms with Crippen LogP contribution in [0.1, 0.15) is 10.4 Å². The van der Waals surface area contributed by atoms with Gasteiger partial charge in [0.15, 0.2) is 6.61 Å². The van der Waals surface area contributed by atoms with Crippen molar-refractivity contribution in [2.24, 2.45) is 0 Å². The number of ether oxygens (including phenoxy) is 2. The second-order valence-electron chi connectivity index (χ2n) is 5.97. The Hall–Kier alpha value is -2.58. The number of nitrogens with one attached hydrogen (secondary N) is 1. The summed E-state index contributed by atoms with van der Waals surface area (Å²) >= 11 is 3.25. The summed E-state index contributed by atoms with van der Waals surface area (Å²) in [5, 5.41) is 2.71. The van der Waals surface area contributed by atoms with Gasteiger partial charge in [0, 0.05) is 28.9 Å². The van der Waals surface area contributed by atoms with Gasteiger partial charge in [0.05, 0.1) is 24.5 Å². The van der Waals surface area contributed by atoms with Crippen LogP contribution in [-0.2, 0) is 14.3 Å². The van der Waals surface area contributed by atoms with Crippen LogP contribution in [0.4, 0.5) is 17.1 Å². The normalized spacial score (nSPS) is 13.9. The number of hydrogen-bond donors (Lipinski definition) is 2. The number of morpholine rings is 1. The van der Waals surface area contributed by atoms with Gasteiger partial charge in [-0.3, -0.25) is 4.79 Å². The minimum Gasteiger partial charge on any atom is -0.452 e. The van der Waals surface area contributed by atoms with Crippen molar-refractivity contribution in [1.29, 1.82) is 0 Å². The maximum atomic E-state index is 12.1. The van der Waals surface area contributed by atoms with Crippen molar-refractivity contribution in [2.75, 3.05) is 48.9 Å². The summed E-state index contributed by atoms with van der Waals surface area (Å²) in [7, 11) is 0. The monoisotopic (exact) mass is 433 g/mol. The van der Waals surface area contributed by atoms with Crippen molar-refractivity contribution in [2.45, 2.75) is 0 Å². The molecule has 142 valence electrons. The van der Waals surface area contributed by atoms with E-state index in [1.807, 2.05) is 24.3 Å². The third kappa shape index (κ3) is 4.99. The molecule has 27 heavy (non-hydrogen) atoms. The number of nitrogens with two attached hydrogens (primary N) is 1. The number of carbonyl (C=O) groups excluding carboxylic acids is 2. The van der Waals surface area contributed by atoms with Crippen molar-refractivity contribution in [1.82, 2.24) is 0 Å². The molecular formula is C19H20BrN3O4. The molecule has 0 spiro atoms. The minimum absolute atomic E-state index is 0.215. The molecule has 1 aliphatic heterocycles. The number of carbonyl (C=O) groups is 2. The van der Waals surface area contributed by atoms with E-state index in [-0.39, 0.29) is 11.3 Å². The Bertz CT molecular complexity index is 820. The summed E-state index contributed by atoms with van der Waals surface area (Å²) in [6.45, 7) is 2.73. The number of para-hydroxylation sites is 1. The molecule has 0 atom stereocenters. The van der Waals surface area contributed by atoms with Crippen LogP contribution in [0.2, 0.25) is 0 Å². The Morgan fingerprint density at radius 3 is 2.56 bits per heavy atom. The first-order valence-corrected chi connectivity index (χ1v) is 9.27. The van der Waals surface area contributed by atoms with E-state index in [1.165, 1.54) is 0 Å². The number of halogens is 1. The fourth-order valence-electron chi connectivity index (χ4n) is 2.70. The van der Waals surface area contributed by atoms with E-state index in [0.717, 1.165) is 18.8 Å². The molecule has 2 aromatic carbocycles. The lowest BCUT2D eigenvalue weighted by Crippen LogP contribution is -2.36. The molecule has 0 bridgehead atoms. The summed E-state index contributed by atoms with van der Waals surface area (Å²) in [5.41, 5.74) is 8.03. The van der Waals surface area contributed by atoms with Gasteiger partial charge in [-0.25, -0.2) is 4.79 Å². The summed E-state index contributed by atoms with van der Waals surface area (Å²) in [5.74, 6) is -1.07. The van der Waals surface area contributed by atoms with Crippen molar-refractivity contribution in [3.8, 4) is 0 Å². The third-order valence-electron chi connectivity index (χ3n) is 4.13. The first-order valence-electron chi connectivity index (χ1n) is 8.48. The average Bonchev–Trinajstić information content (AvgIpc) is 2.69. The highest BCUT2D eigenvalue weighted by Crippen LogP contribution is 2.23. The van der Waals surface area contributed by atoms with Gasteiger partial charge in [-0.15, -0.1) is 0 Å². The molecule has 8 heteroatoms. The Labute approximate surface area is 165 Å². The van der Waals surface area contributed by atoms with Gasteiger partial charge in [-0.1, -0.05) is 6.07 Å². The van der Waals surface area contributed by atoms with Crippen LogP contribution in [0, 0.1) is 0 Å². The molecule has 2 aromatic rings. The van der Waals surface area contributed by atoms with Crippen LogP contribution in [0.3, 0.4) is 0 Å². The van der Waals surface area contributed by atoms with E-state index in [2.05, 4.69) is 26.1 Å². The number of nitrogen functional groups attached to an aromatic ring is 1. The van der Waals surface area contributed by atoms with Gasteiger partial charge < -0.3 is 25.4 Å². The quantitative estimate of drug-likeness (QED) is 0.555. The van der Waals surface area contributed by atoms with Crippen LogP contribution >= 0.6 is 15.9 Å². The highest BCUT2D eigenvalue weighted by molar-refractivity contribution is 9.10. The topological polar surface area (TPSA) is 93.9 Å². The van der Waals surface area contributed by atoms with E-state index in [1.54, 1.807) is 18.2 Å². The van der Waals surface area contributed by atoms with E-state index in [9.17, 15) is 9.59 Å². The van der Waals surface area contributed by atoms with Gasteiger partial charge in [-0.2, -0.15) is 0 Å². The summed E-state index contributed by atoms with van der Waals surface area (Å²) in [4.78, 5) is 26.3. The van der Waals surface area contributed by atoms with E-state index >= 15 is 0 Å². The van der Waals surface area contributed by atoms with Gasteiger partial charge in [0.25, 0.3) is 5.91 Å². The summed E-state index contributed by atoms with van der Waals surface area (Å²) < 4.78 is 11.0. The number of esters is 1. The number of benzene rings is 2. The number of amides is 1. The minimum atomic E-state index is -0.647. The fourth-order valence-corrected chi connectivity index (χ4v) is 3.06. The zero-order valence-electron chi connectivity index (χ0n) is 14.6. The molecule has 3 rings (SSSR count). The highest BCUT2D eigenvalue weighted by atomic mass is 79.9. The van der Waals surface area contributed by atoms with Crippen LogP contribution < -0.4 is 16.0 Å². The van der Waals surface area contributed by atoms with E-state index in [0.29, 0.717) is 23.4 Å². The molecule has 1 heterocycles. The Morgan fingerprint density at radius 2 is 1.85 bits per heavy atom. The maximum Gasteiger partial charge on any atom is 0.340 e. The van der Waals surface area contributed by atoms with Crippen LogP contribution in [0.15, 0.2) is 46.9 Å². The number of anilines is 3. The second kappa shape index (κ2) is 8.88. The average molecular weight is 434 g/mol. The molecule has 0 saturated carbocycles. The van der Waals surface area contributed by atoms with Crippen molar-refractivity contribution >= 4 is 44.9 Å². The van der Waals surface area contributed by atoms with Gasteiger partial charge in [0.1, 0.15) is 0 Å². The van der Waals surface area contributed by atoms with Crippen molar-refractivity contribution in [3.63, 3.8) is 0 Å². The molecule has 0 unspecified atom stereocenters. The number of nitrogens with zero attached hydrogens (tertiary/aromatic N) is 1. The lowest BCUT2D eigenvalue weighted by atomic mass is 10.2. The van der Waals surface area contributed by atoms with Crippen LogP contribution in [-0.4, -0.2) is 44.8 Å². The lowest BCUT2D eigenvalue weighted by molar-refractivity contribution is -0.119. The largest absolute Gasteiger partial charge is 0.452 e. The Kier molecular flexibility index (Phi) is 6.31. The predicted octanol–water partition coefficient (Wildman–Crippen LogP) is 2.66. The molecule has 0 radical (unpaired) electrons. The number of rotatable bonds is 5. The predicted molar refractivity (Wildman–Crippen MR) is 107 cm³/mol. The second-order valence-corrected chi connectivity index (χ2v) is 6.83. The highest BCUT2D eigenvalue weighted by Gasteiger charge is 2.15. The zero-order valence-corrected chi connectivity index (χ0v) is 16.2. The summed E-state index contributed by atoms with van der Waals surface area (Å²) in [6.07, 6.45) is 0. The van der Waals surface area contributed by atoms with E-state index < -0.39 is 18.5 Å². The third-order valence-corrected chi connectivity index (χ3v) is 4.83. The van der Waals surface area contributed by atoms with Gasteiger partial charge in [-0.05, 0) is 52.3 Å². The first kappa shape index (κ1) is 19.2. The van der Waals surface area contributed by atoms with Crippen LogP contribution in [0.5, 0.6) is 0 Å². The standard InChI is InChI=1S/C19H20BrN3O4/c20-16-3-1-2-15(18(16)21)19(25)27-12-17(24)22-13-4-6-14(7-5-13)23-8-10-26-11-9-23/h1-7H,8-12,21H2,(H,22,24). The molecule has 0 aliphatic carbocycles. The van der Waals surface area contributed by atoms with E-state index in [4.69, 9.17) is 15.2 Å². The Balaban J connectivity index is 1.51. The molecule has 3 N–H and O–H groups in total. The molecule has 0 aromatic heterocycles. The molecule has 1 saturated heterocycles. The molecule has 1 amide bonds.